The third-order valence-electron chi connectivity index (χ3n) is 3.26. The average Bonchev–Trinajstić information content (AvgIpc) is 2.55. The molecule has 0 fully saturated rings. The van der Waals surface area contributed by atoms with E-state index < -0.39 is 0 Å². The molecule has 2 aromatic rings. The number of nitrogens with one attached hydrogen (secondary N) is 1. The lowest BCUT2D eigenvalue weighted by molar-refractivity contribution is -0.115. The number of halogens is 1. The standard InChI is InChI=1S/C17H18ClNO4/c1-21-14-9-12(10-15(22-2)17(14)23-3)19-16(20)8-11-6-4-5-7-13(11)18/h4-7,9-10H,8H2,1-3H3,(H,19,20). The molecule has 122 valence electrons. The Morgan fingerprint density at radius 1 is 1.04 bits per heavy atom. The Morgan fingerprint density at radius 3 is 2.17 bits per heavy atom. The third kappa shape index (κ3) is 4.07. The molecule has 0 aliphatic rings. The zero-order chi connectivity index (χ0) is 16.8. The maximum absolute atomic E-state index is 12.2. The van der Waals surface area contributed by atoms with Gasteiger partial charge in [0.1, 0.15) is 0 Å². The maximum Gasteiger partial charge on any atom is 0.228 e. The van der Waals surface area contributed by atoms with Crippen molar-refractivity contribution in [3.63, 3.8) is 0 Å². The molecule has 23 heavy (non-hydrogen) atoms. The van der Waals surface area contributed by atoms with Crippen LogP contribution in [0.2, 0.25) is 5.02 Å². The van der Waals surface area contributed by atoms with Gasteiger partial charge in [-0.15, -0.1) is 0 Å². The summed E-state index contributed by atoms with van der Waals surface area (Å²) < 4.78 is 15.8. The number of methoxy groups -OCH3 is 3. The Labute approximate surface area is 140 Å². The second kappa shape index (κ2) is 7.74. The molecule has 0 atom stereocenters. The van der Waals surface area contributed by atoms with Gasteiger partial charge in [0, 0.05) is 22.8 Å². The zero-order valence-electron chi connectivity index (χ0n) is 13.2. The monoisotopic (exact) mass is 335 g/mol. The molecular weight excluding hydrogens is 318 g/mol. The lowest BCUT2D eigenvalue weighted by Gasteiger charge is -2.14. The highest BCUT2D eigenvalue weighted by atomic mass is 35.5. The quantitative estimate of drug-likeness (QED) is 0.877. The first-order chi connectivity index (χ1) is 11.1. The highest BCUT2D eigenvalue weighted by Gasteiger charge is 2.15. The second-order valence-corrected chi connectivity index (χ2v) is 5.14. The van der Waals surface area contributed by atoms with Crippen molar-refractivity contribution in [1.29, 1.82) is 0 Å². The fraction of sp³-hybridized carbons (Fsp3) is 0.235. The molecule has 0 radical (unpaired) electrons. The van der Waals surface area contributed by atoms with Crippen LogP contribution in [-0.2, 0) is 11.2 Å². The summed E-state index contributed by atoms with van der Waals surface area (Å²) in [6.07, 6.45) is 0.177. The molecule has 0 heterocycles. The Kier molecular flexibility index (Phi) is 5.71. The van der Waals surface area contributed by atoms with E-state index in [0.717, 1.165) is 5.56 Å². The van der Waals surface area contributed by atoms with Crippen LogP contribution in [0.25, 0.3) is 0 Å². The zero-order valence-corrected chi connectivity index (χ0v) is 13.9. The van der Waals surface area contributed by atoms with E-state index in [1.807, 2.05) is 18.2 Å². The number of rotatable bonds is 6. The van der Waals surface area contributed by atoms with Crippen LogP contribution in [0.1, 0.15) is 5.56 Å². The molecule has 2 aromatic carbocycles. The number of hydrogen-bond acceptors (Lipinski definition) is 4. The number of benzene rings is 2. The molecule has 0 aromatic heterocycles. The SMILES string of the molecule is COc1cc(NC(=O)Cc2ccccc2Cl)cc(OC)c1OC. The van der Waals surface area contributed by atoms with Crippen LogP contribution in [0.3, 0.4) is 0 Å². The minimum absolute atomic E-state index is 0.177. The van der Waals surface area contributed by atoms with Crippen molar-refractivity contribution >= 4 is 23.2 Å². The van der Waals surface area contributed by atoms with E-state index >= 15 is 0 Å². The molecular formula is C17H18ClNO4. The first-order valence-corrected chi connectivity index (χ1v) is 7.30. The molecule has 0 unspecified atom stereocenters. The predicted octanol–water partition coefficient (Wildman–Crippen LogP) is 3.55. The highest BCUT2D eigenvalue weighted by Crippen LogP contribution is 2.39. The predicted molar refractivity (Wildman–Crippen MR) is 89.9 cm³/mol. The molecule has 0 saturated carbocycles. The summed E-state index contributed by atoms with van der Waals surface area (Å²) in [5.74, 6) is 1.23. The summed E-state index contributed by atoms with van der Waals surface area (Å²) in [5, 5.41) is 3.37. The van der Waals surface area contributed by atoms with Gasteiger partial charge in [-0.25, -0.2) is 0 Å². The van der Waals surface area contributed by atoms with Gasteiger partial charge in [0.25, 0.3) is 0 Å². The van der Waals surface area contributed by atoms with Gasteiger partial charge < -0.3 is 19.5 Å². The summed E-state index contributed by atoms with van der Waals surface area (Å²) in [4.78, 5) is 12.2. The van der Waals surface area contributed by atoms with Gasteiger partial charge in [-0.1, -0.05) is 29.8 Å². The minimum atomic E-state index is -0.188. The number of ether oxygens (including phenoxy) is 3. The molecule has 1 N–H and O–H groups in total. The molecule has 1 amide bonds. The third-order valence-corrected chi connectivity index (χ3v) is 3.63. The van der Waals surface area contributed by atoms with Gasteiger partial charge in [0.05, 0.1) is 27.8 Å². The number of carbonyl (C=O) groups is 1. The van der Waals surface area contributed by atoms with Crippen molar-refractivity contribution in [2.24, 2.45) is 0 Å². The van der Waals surface area contributed by atoms with E-state index in [2.05, 4.69) is 5.32 Å². The van der Waals surface area contributed by atoms with E-state index in [0.29, 0.717) is 28.0 Å². The lowest BCUT2D eigenvalue weighted by Crippen LogP contribution is -2.15. The first kappa shape index (κ1) is 17.0. The maximum atomic E-state index is 12.2. The summed E-state index contributed by atoms with van der Waals surface area (Å²) in [7, 11) is 4.56. The van der Waals surface area contributed by atoms with Gasteiger partial charge in [-0.2, -0.15) is 0 Å². The van der Waals surface area contributed by atoms with E-state index in [4.69, 9.17) is 25.8 Å². The largest absolute Gasteiger partial charge is 0.493 e. The van der Waals surface area contributed by atoms with Crippen LogP contribution in [0, 0.1) is 0 Å². The molecule has 0 saturated heterocycles. The van der Waals surface area contributed by atoms with Crippen LogP contribution in [-0.4, -0.2) is 27.2 Å². The molecule has 0 spiro atoms. The number of anilines is 1. The minimum Gasteiger partial charge on any atom is -0.493 e. The van der Waals surface area contributed by atoms with E-state index in [-0.39, 0.29) is 12.3 Å². The van der Waals surface area contributed by atoms with E-state index in [1.54, 1.807) is 18.2 Å². The molecule has 0 bridgehead atoms. The normalized spacial score (nSPS) is 10.1. The Bertz CT molecular complexity index is 678. The summed E-state index contributed by atoms with van der Waals surface area (Å²) in [6.45, 7) is 0. The summed E-state index contributed by atoms with van der Waals surface area (Å²) >= 11 is 6.07. The number of carbonyl (C=O) groups excluding carboxylic acids is 1. The van der Waals surface area contributed by atoms with Crippen LogP contribution < -0.4 is 19.5 Å². The van der Waals surface area contributed by atoms with Crippen LogP contribution in [0.5, 0.6) is 17.2 Å². The van der Waals surface area contributed by atoms with Gasteiger partial charge >= 0.3 is 0 Å². The number of amides is 1. The molecule has 2 rings (SSSR count). The van der Waals surface area contributed by atoms with Gasteiger partial charge in [0.2, 0.25) is 11.7 Å². The fourth-order valence-electron chi connectivity index (χ4n) is 2.17. The molecule has 6 heteroatoms. The van der Waals surface area contributed by atoms with Crippen molar-refractivity contribution < 1.29 is 19.0 Å². The number of hydrogen-bond donors (Lipinski definition) is 1. The smallest absolute Gasteiger partial charge is 0.228 e. The van der Waals surface area contributed by atoms with Crippen molar-refractivity contribution in [2.75, 3.05) is 26.6 Å². The Hall–Kier alpha value is -2.40. The first-order valence-electron chi connectivity index (χ1n) is 6.92. The van der Waals surface area contributed by atoms with Crippen molar-refractivity contribution in [1.82, 2.24) is 0 Å². The average molecular weight is 336 g/mol. The second-order valence-electron chi connectivity index (χ2n) is 4.73. The van der Waals surface area contributed by atoms with Crippen LogP contribution in [0.4, 0.5) is 5.69 Å². The van der Waals surface area contributed by atoms with Crippen LogP contribution in [0.15, 0.2) is 36.4 Å². The van der Waals surface area contributed by atoms with Gasteiger partial charge in [0.15, 0.2) is 11.5 Å². The van der Waals surface area contributed by atoms with E-state index in [1.165, 1.54) is 21.3 Å². The van der Waals surface area contributed by atoms with Crippen molar-refractivity contribution in [3.8, 4) is 17.2 Å². The fourth-order valence-corrected chi connectivity index (χ4v) is 2.38. The summed E-state index contributed by atoms with van der Waals surface area (Å²) in [6, 6.07) is 10.6. The lowest BCUT2D eigenvalue weighted by atomic mass is 10.1. The highest BCUT2D eigenvalue weighted by molar-refractivity contribution is 6.31. The Balaban J connectivity index is 2.19. The van der Waals surface area contributed by atoms with Crippen molar-refractivity contribution in [3.05, 3.63) is 47.0 Å². The Morgan fingerprint density at radius 2 is 1.65 bits per heavy atom. The molecule has 0 aliphatic heterocycles. The van der Waals surface area contributed by atoms with Gasteiger partial charge in [-0.05, 0) is 11.6 Å². The van der Waals surface area contributed by atoms with Gasteiger partial charge in [-0.3, -0.25) is 4.79 Å². The molecule has 0 aliphatic carbocycles. The summed E-state index contributed by atoms with van der Waals surface area (Å²) in [5.41, 5.74) is 1.32. The van der Waals surface area contributed by atoms with Crippen LogP contribution >= 0.6 is 11.6 Å². The van der Waals surface area contributed by atoms with Crippen molar-refractivity contribution in [2.45, 2.75) is 6.42 Å². The topological polar surface area (TPSA) is 56.8 Å². The molecule has 5 nitrogen and oxygen atoms in total. The van der Waals surface area contributed by atoms with E-state index in [9.17, 15) is 4.79 Å².